The average Bonchev–Trinajstić information content (AvgIpc) is 3.48. The minimum absolute atomic E-state index is 0.0392. The summed E-state index contributed by atoms with van der Waals surface area (Å²) in [6, 6.07) is 21.6. The molecular weight excluding hydrogens is 378 g/mol. The molecule has 0 spiro atoms. The molecule has 0 radical (unpaired) electrons. The molecule has 0 bridgehead atoms. The number of nitrogens with zero attached hydrogens (tertiary/aromatic N) is 2. The second-order valence-electron chi connectivity index (χ2n) is 7.39. The Kier molecular flexibility index (Phi) is 5.95. The number of carbonyl (C=O) groups excluding carboxylic acids is 1. The normalized spacial score (nSPS) is 16.9. The minimum Gasteiger partial charge on any atom is -0.497 e. The lowest BCUT2D eigenvalue weighted by atomic mass is 10.0. The topological polar surface area (TPSA) is 71.7 Å². The molecule has 1 aromatic heterocycles. The summed E-state index contributed by atoms with van der Waals surface area (Å²) in [5.74, 6) is 1.49. The monoisotopic (exact) mass is 404 g/mol. The maximum absolute atomic E-state index is 13.1. The summed E-state index contributed by atoms with van der Waals surface area (Å²) < 4.78 is 10.9. The standard InChI is InChI=1S/C24H25N3O3/c1-17(18-7-4-3-5-8-18)25-16-24(28)27-22(23-9-6-14-30-23)15-21(26-27)19-10-12-20(29-2)13-11-19/h3-14,17,22,25H,15-16H2,1-2H3/p+1/t17-,22+/m0/s1. The largest absolute Gasteiger partial charge is 0.497 e. The highest BCUT2D eigenvalue weighted by Gasteiger charge is 2.35. The van der Waals surface area contributed by atoms with Gasteiger partial charge in [-0.1, -0.05) is 30.3 Å². The van der Waals surface area contributed by atoms with Crippen LogP contribution < -0.4 is 10.1 Å². The van der Waals surface area contributed by atoms with Crippen LogP contribution in [-0.4, -0.2) is 30.3 Å². The lowest BCUT2D eigenvalue weighted by molar-refractivity contribution is -0.683. The Morgan fingerprint density at radius 2 is 1.93 bits per heavy atom. The third-order valence-corrected chi connectivity index (χ3v) is 5.43. The van der Waals surface area contributed by atoms with Crippen LogP contribution in [-0.2, 0) is 4.79 Å². The number of hydrogen-bond donors (Lipinski definition) is 1. The van der Waals surface area contributed by atoms with Gasteiger partial charge in [-0.15, -0.1) is 0 Å². The number of rotatable bonds is 7. The quantitative estimate of drug-likeness (QED) is 0.657. The fourth-order valence-corrected chi connectivity index (χ4v) is 3.66. The lowest BCUT2D eigenvalue weighted by Crippen LogP contribution is -2.86. The summed E-state index contributed by atoms with van der Waals surface area (Å²) in [4.78, 5) is 13.1. The van der Waals surface area contributed by atoms with Crippen LogP contribution in [0.4, 0.5) is 0 Å². The van der Waals surface area contributed by atoms with Crippen LogP contribution in [0, 0.1) is 0 Å². The maximum Gasteiger partial charge on any atom is 0.298 e. The molecule has 6 nitrogen and oxygen atoms in total. The number of amides is 1. The highest BCUT2D eigenvalue weighted by Crippen LogP contribution is 2.33. The van der Waals surface area contributed by atoms with Crippen molar-refractivity contribution in [2.75, 3.05) is 13.7 Å². The van der Waals surface area contributed by atoms with E-state index in [1.54, 1.807) is 18.4 Å². The fourth-order valence-electron chi connectivity index (χ4n) is 3.66. The van der Waals surface area contributed by atoms with Crippen molar-refractivity contribution in [2.24, 2.45) is 5.10 Å². The summed E-state index contributed by atoms with van der Waals surface area (Å²) in [5, 5.41) is 8.30. The number of hydrazone groups is 1. The molecule has 1 aliphatic heterocycles. The molecule has 0 saturated carbocycles. The molecule has 0 fully saturated rings. The Morgan fingerprint density at radius 1 is 1.17 bits per heavy atom. The fraction of sp³-hybridized carbons (Fsp3) is 0.250. The molecule has 0 saturated heterocycles. The lowest BCUT2D eigenvalue weighted by Gasteiger charge is -2.20. The predicted octanol–water partition coefficient (Wildman–Crippen LogP) is 3.29. The Morgan fingerprint density at radius 3 is 2.60 bits per heavy atom. The van der Waals surface area contributed by atoms with Gasteiger partial charge in [0.1, 0.15) is 23.6 Å². The first-order valence-electron chi connectivity index (χ1n) is 10.1. The summed E-state index contributed by atoms with van der Waals surface area (Å²) in [7, 11) is 1.64. The molecule has 2 atom stereocenters. The van der Waals surface area contributed by atoms with E-state index in [0.717, 1.165) is 22.8 Å². The highest BCUT2D eigenvalue weighted by molar-refractivity contribution is 6.03. The number of carbonyl (C=O) groups is 1. The van der Waals surface area contributed by atoms with Gasteiger partial charge in [0.05, 0.1) is 19.1 Å². The number of ether oxygens (including phenoxy) is 1. The van der Waals surface area contributed by atoms with Crippen molar-refractivity contribution < 1.29 is 19.3 Å². The average molecular weight is 404 g/mol. The predicted molar refractivity (Wildman–Crippen MR) is 114 cm³/mol. The van der Waals surface area contributed by atoms with E-state index in [1.165, 1.54) is 5.56 Å². The summed E-state index contributed by atoms with van der Waals surface area (Å²) >= 11 is 0. The van der Waals surface area contributed by atoms with E-state index in [2.05, 4.69) is 24.2 Å². The van der Waals surface area contributed by atoms with Crippen LogP contribution >= 0.6 is 0 Å². The Balaban J connectivity index is 1.51. The van der Waals surface area contributed by atoms with Crippen LogP contribution in [0.2, 0.25) is 0 Å². The molecule has 1 amide bonds. The van der Waals surface area contributed by atoms with Gasteiger partial charge in [-0.3, -0.25) is 4.79 Å². The first kappa shape index (κ1) is 19.9. The van der Waals surface area contributed by atoms with E-state index < -0.39 is 0 Å². The van der Waals surface area contributed by atoms with E-state index >= 15 is 0 Å². The first-order chi connectivity index (χ1) is 14.7. The number of nitrogens with two attached hydrogens (primary N) is 1. The van der Waals surface area contributed by atoms with Gasteiger partial charge in [0, 0.05) is 12.0 Å². The van der Waals surface area contributed by atoms with Crippen molar-refractivity contribution in [1.29, 1.82) is 0 Å². The molecule has 2 heterocycles. The van der Waals surface area contributed by atoms with Crippen molar-refractivity contribution in [2.45, 2.75) is 25.4 Å². The zero-order valence-electron chi connectivity index (χ0n) is 17.2. The van der Waals surface area contributed by atoms with E-state index in [-0.39, 0.29) is 18.0 Å². The van der Waals surface area contributed by atoms with Crippen LogP contribution in [0.5, 0.6) is 5.75 Å². The van der Waals surface area contributed by atoms with Crippen LogP contribution in [0.3, 0.4) is 0 Å². The van der Waals surface area contributed by atoms with Gasteiger partial charge in [0.25, 0.3) is 5.91 Å². The van der Waals surface area contributed by atoms with Gasteiger partial charge in [-0.2, -0.15) is 5.10 Å². The molecule has 1 aliphatic rings. The van der Waals surface area contributed by atoms with Gasteiger partial charge >= 0.3 is 0 Å². The van der Waals surface area contributed by atoms with Crippen LogP contribution in [0.15, 0.2) is 82.5 Å². The molecule has 6 heteroatoms. The second kappa shape index (κ2) is 8.97. The summed E-state index contributed by atoms with van der Waals surface area (Å²) in [5.41, 5.74) is 3.03. The molecule has 3 aromatic rings. The molecule has 0 aliphatic carbocycles. The van der Waals surface area contributed by atoms with Crippen molar-refractivity contribution in [1.82, 2.24) is 5.01 Å². The maximum atomic E-state index is 13.1. The van der Waals surface area contributed by atoms with Crippen molar-refractivity contribution in [3.63, 3.8) is 0 Å². The number of hydrogen-bond acceptors (Lipinski definition) is 4. The molecule has 2 aromatic carbocycles. The molecular formula is C24H26N3O3+. The van der Waals surface area contributed by atoms with E-state index in [4.69, 9.17) is 9.15 Å². The molecule has 154 valence electrons. The SMILES string of the molecule is COc1ccc(C2=NN(C(=O)C[NH2+][C@@H](C)c3ccccc3)[C@@H](c3ccco3)C2)cc1. The molecule has 2 N–H and O–H groups in total. The van der Waals surface area contributed by atoms with Gasteiger partial charge in [-0.25, -0.2) is 5.01 Å². The Hall–Kier alpha value is -3.38. The van der Waals surface area contributed by atoms with Crippen molar-refractivity contribution >= 4 is 11.6 Å². The first-order valence-corrected chi connectivity index (χ1v) is 10.1. The van der Waals surface area contributed by atoms with Gasteiger partial charge in [0.15, 0.2) is 6.54 Å². The van der Waals surface area contributed by atoms with Crippen LogP contribution in [0.25, 0.3) is 0 Å². The second-order valence-corrected chi connectivity index (χ2v) is 7.39. The number of quaternary nitrogens is 1. The molecule has 30 heavy (non-hydrogen) atoms. The van der Waals surface area contributed by atoms with Crippen molar-refractivity contribution in [3.8, 4) is 5.75 Å². The number of methoxy groups -OCH3 is 1. The van der Waals surface area contributed by atoms with E-state index in [0.29, 0.717) is 13.0 Å². The van der Waals surface area contributed by atoms with E-state index in [9.17, 15) is 4.79 Å². The number of benzene rings is 2. The zero-order valence-corrected chi connectivity index (χ0v) is 17.2. The van der Waals surface area contributed by atoms with E-state index in [1.807, 2.05) is 59.9 Å². The third kappa shape index (κ3) is 4.28. The van der Waals surface area contributed by atoms with Crippen molar-refractivity contribution in [3.05, 3.63) is 89.9 Å². The van der Waals surface area contributed by atoms with Gasteiger partial charge in [0.2, 0.25) is 0 Å². The smallest absolute Gasteiger partial charge is 0.298 e. The Labute approximate surface area is 176 Å². The van der Waals surface area contributed by atoms with Crippen LogP contribution in [0.1, 0.15) is 42.3 Å². The third-order valence-electron chi connectivity index (χ3n) is 5.43. The molecule has 0 unspecified atom stereocenters. The van der Waals surface area contributed by atoms with Gasteiger partial charge < -0.3 is 14.5 Å². The zero-order chi connectivity index (χ0) is 20.9. The summed E-state index contributed by atoms with van der Waals surface area (Å²) in [6.45, 7) is 2.41. The molecule has 4 rings (SSSR count). The highest BCUT2D eigenvalue weighted by atomic mass is 16.5. The minimum atomic E-state index is -0.231. The summed E-state index contributed by atoms with van der Waals surface area (Å²) in [6.07, 6.45) is 2.24. The van der Waals surface area contributed by atoms with Gasteiger partial charge in [-0.05, 0) is 48.9 Å². The Bertz CT molecular complexity index is 998. The number of furan rings is 1.